The SMILES string of the molecule is C/C=C(\C)C/C(CI)=C(/OC)c1ccc(-c2ccc(C3(C(=O)O)CC3)cc2)cc1. The fraction of sp³-hybridized carbons (Fsp3) is 0.320. The summed E-state index contributed by atoms with van der Waals surface area (Å²) >= 11 is 2.39. The van der Waals surface area contributed by atoms with E-state index in [-0.39, 0.29) is 0 Å². The Balaban J connectivity index is 1.85. The number of halogens is 1. The monoisotopic (exact) mass is 502 g/mol. The fourth-order valence-corrected chi connectivity index (χ4v) is 4.26. The normalized spacial score (nSPS) is 16.2. The number of aliphatic carboxylic acids is 1. The number of hydrogen-bond donors (Lipinski definition) is 1. The molecule has 1 fully saturated rings. The highest BCUT2D eigenvalue weighted by Crippen LogP contribution is 2.48. The van der Waals surface area contributed by atoms with Crippen molar-refractivity contribution in [1.82, 2.24) is 0 Å². The second-order valence-corrected chi connectivity index (χ2v) is 8.39. The molecular formula is C25H27IO3. The van der Waals surface area contributed by atoms with Crippen LogP contribution in [0.25, 0.3) is 16.9 Å². The standard InChI is InChI=1S/C25H27IO3/c1-4-17(2)15-21(16-26)23(29-3)20-7-5-18(6-8-20)19-9-11-22(12-10-19)25(13-14-25)24(27)28/h4-12H,13-16H2,1-3H3,(H,27,28)/b17-4+,23-21-. The van der Waals surface area contributed by atoms with Crippen LogP contribution in [-0.2, 0) is 14.9 Å². The number of ether oxygens (including phenoxy) is 1. The predicted molar refractivity (Wildman–Crippen MR) is 127 cm³/mol. The van der Waals surface area contributed by atoms with Crippen LogP contribution in [0.2, 0.25) is 0 Å². The number of allylic oxidation sites excluding steroid dienone is 3. The first-order valence-corrected chi connectivity index (χ1v) is 11.4. The van der Waals surface area contributed by atoms with Crippen LogP contribution in [0.1, 0.15) is 44.2 Å². The van der Waals surface area contributed by atoms with E-state index in [1.165, 1.54) is 11.1 Å². The second kappa shape index (κ2) is 9.16. The highest BCUT2D eigenvalue weighted by atomic mass is 127. The molecule has 0 atom stereocenters. The molecule has 0 aliphatic heterocycles. The Bertz CT molecular complexity index is 933. The lowest BCUT2D eigenvalue weighted by Gasteiger charge is -2.14. The molecule has 29 heavy (non-hydrogen) atoms. The smallest absolute Gasteiger partial charge is 0.314 e. The van der Waals surface area contributed by atoms with E-state index < -0.39 is 11.4 Å². The molecule has 3 nitrogen and oxygen atoms in total. The maximum Gasteiger partial charge on any atom is 0.314 e. The van der Waals surface area contributed by atoms with Gasteiger partial charge in [-0.2, -0.15) is 0 Å². The van der Waals surface area contributed by atoms with E-state index in [2.05, 4.69) is 66.8 Å². The van der Waals surface area contributed by atoms with Crippen LogP contribution in [-0.4, -0.2) is 22.6 Å². The van der Waals surface area contributed by atoms with E-state index in [4.69, 9.17) is 4.74 Å². The van der Waals surface area contributed by atoms with Gasteiger partial charge in [0.15, 0.2) is 0 Å². The molecule has 0 spiro atoms. The molecule has 1 N–H and O–H groups in total. The molecule has 1 aliphatic carbocycles. The first kappa shape index (κ1) is 21.6. The van der Waals surface area contributed by atoms with Crippen molar-refractivity contribution in [2.45, 2.75) is 38.5 Å². The van der Waals surface area contributed by atoms with Gasteiger partial charge >= 0.3 is 5.97 Å². The van der Waals surface area contributed by atoms with Crippen LogP contribution in [0.5, 0.6) is 0 Å². The quantitative estimate of drug-likeness (QED) is 0.191. The number of methoxy groups -OCH3 is 1. The Morgan fingerprint density at radius 3 is 2.07 bits per heavy atom. The second-order valence-electron chi connectivity index (χ2n) is 7.62. The molecule has 0 heterocycles. The molecule has 1 aliphatic rings. The number of carboxylic acid groups (broad SMARTS) is 1. The summed E-state index contributed by atoms with van der Waals surface area (Å²) in [6.45, 7) is 4.21. The van der Waals surface area contributed by atoms with E-state index in [0.29, 0.717) is 0 Å². The zero-order chi connectivity index (χ0) is 21.0. The molecule has 0 amide bonds. The van der Waals surface area contributed by atoms with Crippen molar-refractivity contribution in [2.24, 2.45) is 0 Å². The Kier molecular flexibility index (Phi) is 6.83. The summed E-state index contributed by atoms with van der Waals surface area (Å²) in [6, 6.07) is 16.3. The van der Waals surface area contributed by atoms with Crippen molar-refractivity contribution >= 4 is 34.3 Å². The third kappa shape index (κ3) is 4.58. The molecule has 0 aromatic heterocycles. The van der Waals surface area contributed by atoms with E-state index in [9.17, 15) is 9.90 Å². The van der Waals surface area contributed by atoms with Gasteiger partial charge in [0.05, 0.1) is 12.5 Å². The summed E-state index contributed by atoms with van der Waals surface area (Å²) in [5, 5.41) is 9.46. The van der Waals surface area contributed by atoms with Gasteiger partial charge in [0.25, 0.3) is 0 Å². The summed E-state index contributed by atoms with van der Waals surface area (Å²) in [4.78, 5) is 11.5. The lowest BCUT2D eigenvalue weighted by Crippen LogP contribution is -2.19. The third-order valence-corrected chi connectivity index (χ3v) is 6.67. The lowest BCUT2D eigenvalue weighted by atomic mass is 9.93. The first-order chi connectivity index (χ1) is 13.9. The van der Waals surface area contributed by atoms with E-state index in [0.717, 1.165) is 51.7 Å². The van der Waals surface area contributed by atoms with Crippen LogP contribution < -0.4 is 0 Å². The zero-order valence-electron chi connectivity index (χ0n) is 17.2. The first-order valence-electron chi connectivity index (χ1n) is 9.83. The molecule has 0 bridgehead atoms. The summed E-state index contributed by atoms with van der Waals surface area (Å²) in [5.74, 6) is 0.229. The summed E-state index contributed by atoms with van der Waals surface area (Å²) in [6.07, 6.45) is 4.52. The number of hydrogen-bond acceptors (Lipinski definition) is 2. The average Bonchev–Trinajstić information content (AvgIpc) is 3.56. The Hall–Kier alpha value is -2.08. The Morgan fingerprint density at radius 2 is 1.66 bits per heavy atom. The van der Waals surface area contributed by atoms with Crippen molar-refractivity contribution < 1.29 is 14.6 Å². The van der Waals surface area contributed by atoms with Crippen molar-refractivity contribution in [1.29, 1.82) is 0 Å². The average molecular weight is 502 g/mol. The number of carboxylic acids is 1. The zero-order valence-corrected chi connectivity index (χ0v) is 19.3. The maximum absolute atomic E-state index is 11.5. The van der Waals surface area contributed by atoms with Gasteiger partial charge < -0.3 is 9.84 Å². The molecule has 0 saturated heterocycles. The molecule has 4 heteroatoms. The summed E-state index contributed by atoms with van der Waals surface area (Å²) in [7, 11) is 1.73. The van der Waals surface area contributed by atoms with Crippen LogP contribution in [0.4, 0.5) is 0 Å². The van der Waals surface area contributed by atoms with E-state index in [1.54, 1.807) is 7.11 Å². The topological polar surface area (TPSA) is 46.5 Å². The minimum atomic E-state index is -0.715. The predicted octanol–water partition coefficient (Wildman–Crippen LogP) is 6.62. The third-order valence-electron chi connectivity index (χ3n) is 5.75. The molecule has 3 rings (SSSR count). The van der Waals surface area contributed by atoms with Crippen LogP contribution >= 0.6 is 22.6 Å². The Morgan fingerprint density at radius 1 is 1.10 bits per heavy atom. The van der Waals surface area contributed by atoms with Gasteiger partial charge in [-0.15, -0.1) is 0 Å². The van der Waals surface area contributed by atoms with Crippen molar-refractivity contribution in [3.63, 3.8) is 0 Å². The van der Waals surface area contributed by atoms with Crippen LogP contribution in [0.3, 0.4) is 0 Å². The molecule has 1 saturated carbocycles. The molecule has 2 aromatic carbocycles. The van der Waals surface area contributed by atoms with Crippen LogP contribution in [0.15, 0.2) is 65.8 Å². The van der Waals surface area contributed by atoms with E-state index in [1.807, 2.05) is 24.3 Å². The minimum Gasteiger partial charge on any atom is -0.496 e. The highest BCUT2D eigenvalue weighted by Gasteiger charge is 2.51. The van der Waals surface area contributed by atoms with Crippen molar-refractivity contribution in [2.75, 3.05) is 11.5 Å². The van der Waals surface area contributed by atoms with Gasteiger partial charge in [-0.3, -0.25) is 4.79 Å². The maximum atomic E-state index is 11.5. The molecule has 2 aromatic rings. The number of rotatable bonds is 8. The molecular weight excluding hydrogens is 475 g/mol. The van der Waals surface area contributed by atoms with Gasteiger partial charge in [-0.1, -0.05) is 82.8 Å². The summed E-state index contributed by atoms with van der Waals surface area (Å²) < 4.78 is 6.67. The van der Waals surface area contributed by atoms with E-state index >= 15 is 0 Å². The number of alkyl halides is 1. The van der Waals surface area contributed by atoms with Crippen molar-refractivity contribution in [3.05, 3.63) is 76.9 Å². The molecule has 0 unspecified atom stereocenters. The van der Waals surface area contributed by atoms with Crippen LogP contribution in [0, 0.1) is 0 Å². The van der Waals surface area contributed by atoms with Crippen molar-refractivity contribution in [3.8, 4) is 11.1 Å². The van der Waals surface area contributed by atoms with Gasteiger partial charge in [-0.05, 0) is 55.4 Å². The van der Waals surface area contributed by atoms with Gasteiger partial charge in [0.1, 0.15) is 5.76 Å². The lowest BCUT2D eigenvalue weighted by molar-refractivity contribution is -0.140. The van der Waals surface area contributed by atoms with Gasteiger partial charge in [0, 0.05) is 9.99 Å². The fourth-order valence-electron chi connectivity index (χ4n) is 3.64. The Labute approximate surface area is 186 Å². The van der Waals surface area contributed by atoms with Gasteiger partial charge in [-0.25, -0.2) is 0 Å². The van der Waals surface area contributed by atoms with Gasteiger partial charge in [0.2, 0.25) is 0 Å². The number of benzene rings is 2. The largest absolute Gasteiger partial charge is 0.496 e. The highest BCUT2D eigenvalue weighted by molar-refractivity contribution is 14.1. The molecule has 0 radical (unpaired) electrons. The number of carbonyl (C=O) groups is 1. The summed E-state index contributed by atoms with van der Waals surface area (Å²) in [5.41, 5.74) is 6.13. The minimum absolute atomic E-state index is 0.651. The molecule has 152 valence electrons.